The normalized spacial score (nSPS) is 17.0. The van der Waals surface area contributed by atoms with Crippen molar-refractivity contribution in [2.75, 3.05) is 37.6 Å². The van der Waals surface area contributed by atoms with E-state index in [0.717, 1.165) is 37.3 Å². The van der Waals surface area contributed by atoms with Crippen molar-refractivity contribution in [1.29, 1.82) is 0 Å². The van der Waals surface area contributed by atoms with Crippen molar-refractivity contribution in [2.45, 2.75) is 45.1 Å². The molecule has 2 aliphatic rings. The second-order valence-corrected chi connectivity index (χ2v) is 9.78. The molecule has 2 heterocycles. The molecule has 2 amide bonds. The number of aromatic nitrogens is 2. The lowest BCUT2D eigenvalue weighted by Crippen LogP contribution is -2.51. The first-order valence-corrected chi connectivity index (χ1v) is 11.3. The third-order valence-corrected chi connectivity index (χ3v) is 6.04. The average molecular weight is 444 g/mol. The molecule has 31 heavy (non-hydrogen) atoms. The Hall–Kier alpha value is -2.54. The highest BCUT2D eigenvalue weighted by Gasteiger charge is 2.32. The molecule has 1 aromatic carbocycles. The van der Waals surface area contributed by atoms with Crippen LogP contribution in [0.5, 0.6) is 0 Å². The largest absolute Gasteiger partial charge is 0.368 e. The Morgan fingerprint density at radius 3 is 2.45 bits per heavy atom. The predicted octanol–water partition coefficient (Wildman–Crippen LogP) is 3.25. The van der Waals surface area contributed by atoms with Crippen LogP contribution in [0.1, 0.15) is 55.7 Å². The third-order valence-electron chi connectivity index (χ3n) is 5.81. The molecule has 4 rings (SSSR count). The van der Waals surface area contributed by atoms with E-state index in [4.69, 9.17) is 11.6 Å². The molecule has 166 valence electrons. The van der Waals surface area contributed by atoms with Crippen LogP contribution in [0, 0.1) is 0 Å². The minimum Gasteiger partial charge on any atom is -0.368 e. The van der Waals surface area contributed by atoms with Crippen molar-refractivity contribution in [1.82, 2.24) is 20.0 Å². The molecule has 1 aromatic heterocycles. The van der Waals surface area contributed by atoms with Crippen LogP contribution in [0.25, 0.3) is 0 Å². The Balaban J connectivity index is 1.31. The number of rotatable bonds is 5. The maximum Gasteiger partial charge on any atom is 0.272 e. The van der Waals surface area contributed by atoms with Gasteiger partial charge in [-0.3, -0.25) is 14.3 Å². The smallest absolute Gasteiger partial charge is 0.272 e. The van der Waals surface area contributed by atoms with Gasteiger partial charge in [0.05, 0.1) is 12.1 Å². The Bertz CT molecular complexity index is 969. The van der Waals surface area contributed by atoms with Crippen molar-refractivity contribution in [3.8, 4) is 0 Å². The maximum absolute atomic E-state index is 12.7. The molecule has 8 heteroatoms. The summed E-state index contributed by atoms with van der Waals surface area (Å²) in [5.41, 5.74) is 2.37. The quantitative estimate of drug-likeness (QED) is 0.770. The summed E-state index contributed by atoms with van der Waals surface area (Å²) >= 11 is 6.08. The van der Waals surface area contributed by atoms with Gasteiger partial charge in [-0.25, -0.2) is 0 Å². The van der Waals surface area contributed by atoms with Gasteiger partial charge in [0.1, 0.15) is 5.69 Å². The number of nitrogens with one attached hydrogen (secondary N) is 1. The average Bonchev–Trinajstić information content (AvgIpc) is 3.48. The van der Waals surface area contributed by atoms with Gasteiger partial charge in [0, 0.05) is 48.5 Å². The summed E-state index contributed by atoms with van der Waals surface area (Å²) in [7, 11) is 0. The fraction of sp³-hybridized carbons (Fsp3) is 0.522. The molecule has 0 radical (unpaired) electrons. The van der Waals surface area contributed by atoms with E-state index in [1.54, 1.807) is 4.90 Å². The number of hydrogen-bond acceptors (Lipinski definition) is 4. The first-order chi connectivity index (χ1) is 14.7. The molecule has 7 nitrogen and oxygen atoms in total. The van der Waals surface area contributed by atoms with Crippen molar-refractivity contribution < 1.29 is 9.59 Å². The van der Waals surface area contributed by atoms with Gasteiger partial charge in [0.2, 0.25) is 5.91 Å². The van der Waals surface area contributed by atoms with Crippen LogP contribution in [0.4, 0.5) is 5.69 Å². The van der Waals surface area contributed by atoms with Crippen LogP contribution in [-0.2, 0) is 10.3 Å². The zero-order chi connectivity index (χ0) is 22.2. The van der Waals surface area contributed by atoms with Crippen molar-refractivity contribution in [3.63, 3.8) is 0 Å². The second kappa shape index (κ2) is 8.54. The first kappa shape index (κ1) is 21.7. The lowest BCUT2D eigenvalue weighted by molar-refractivity contribution is -0.130. The highest BCUT2D eigenvalue weighted by atomic mass is 35.5. The zero-order valence-electron chi connectivity index (χ0n) is 18.4. The number of amides is 2. The lowest BCUT2D eigenvalue weighted by Gasteiger charge is -2.36. The van der Waals surface area contributed by atoms with E-state index in [1.807, 2.05) is 35.0 Å². The van der Waals surface area contributed by atoms with Crippen molar-refractivity contribution >= 4 is 29.1 Å². The van der Waals surface area contributed by atoms with Gasteiger partial charge in [0.25, 0.3) is 5.91 Å². The molecule has 0 atom stereocenters. The Kier molecular flexibility index (Phi) is 5.97. The molecule has 1 N–H and O–H groups in total. The molecule has 1 aliphatic heterocycles. The number of piperazine rings is 1. The Morgan fingerprint density at radius 2 is 1.84 bits per heavy atom. The molecule has 2 aromatic rings. The van der Waals surface area contributed by atoms with E-state index >= 15 is 0 Å². The SMILES string of the molecule is CC(C)(C)n1nc(C(=O)NCC(=O)N2CCN(c3cccc(Cl)c3)CC2)cc1C1CC1. The standard InChI is InChI=1S/C23H30ClN5O2/c1-23(2,3)29-20(16-7-8-16)14-19(26-29)22(31)25-15-21(30)28-11-9-27(10-12-28)18-6-4-5-17(24)13-18/h4-6,13-14,16H,7-12,15H2,1-3H3,(H,25,31). The summed E-state index contributed by atoms with van der Waals surface area (Å²) in [6, 6.07) is 9.63. The molecule has 1 saturated carbocycles. The van der Waals surface area contributed by atoms with Crippen LogP contribution in [-0.4, -0.2) is 59.2 Å². The highest BCUT2D eigenvalue weighted by Crippen LogP contribution is 2.41. The molecule has 1 saturated heterocycles. The van der Waals surface area contributed by atoms with Crippen molar-refractivity contribution in [3.05, 3.63) is 46.7 Å². The number of halogens is 1. The van der Waals surface area contributed by atoms with E-state index in [2.05, 4.69) is 36.1 Å². The van der Waals surface area contributed by atoms with Gasteiger partial charge in [-0.05, 0) is 57.9 Å². The van der Waals surface area contributed by atoms with Crippen LogP contribution >= 0.6 is 11.6 Å². The number of benzene rings is 1. The highest BCUT2D eigenvalue weighted by molar-refractivity contribution is 6.30. The van der Waals surface area contributed by atoms with Crippen LogP contribution < -0.4 is 10.2 Å². The fourth-order valence-electron chi connectivity index (χ4n) is 3.96. The topological polar surface area (TPSA) is 70.5 Å². The van der Waals surface area contributed by atoms with Gasteiger partial charge < -0.3 is 15.1 Å². The van der Waals surface area contributed by atoms with E-state index in [9.17, 15) is 9.59 Å². The Labute approximate surface area is 188 Å². The molecule has 0 unspecified atom stereocenters. The number of nitrogens with zero attached hydrogens (tertiary/aromatic N) is 4. The molecular formula is C23H30ClN5O2. The zero-order valence-corrected chi connectivity index (χ0v) is 19.2. The molecule has 0 bridgehead atoms. The number of hydrogen-bond donors (Lipinski definition) is 1. The monoisotopic (exact) mass is 443 g/mol. The summed E-state index contributed by atoms with van der Waals surface area (Å²) in [5, 5.41) is 8.01. The summed E-state index contributed by atoms with van der Waals surface area (Å²) in [6.45, 7) is 8.94. The summed E-state index contributed by atoms with van der Waals surface area (Å²) in [4.78, 5) is 29.3. The minimum atomic E-state index is -0.296. The molecular weight excluding hydrogens is 414 g/mol. The van der Waals surface area contributed by atoms with Crippen LogP contribution in [0.15, 0.2) is 30.3 Å². The number of carbonyl (C=O) groups is 2. The van der Waals surface area contributed by atoms with Gasteiger partial charge >= 0.3 is 0 Å². The third kappa shape index (κ3) is 5.03. The number of carbonyl (C=O) groups excluding carboxylic acids is 2. The van der Waals surface area contributed by atoms with Crippen LogP contribution in [0.2, 0.25) is 5.02 Å². The summed E-state index contributed by atoms with van der Waals surface area (Å²) in [6.07, 6.45) is 2.28. The predicted molar refractivity (Wildman–Crippen MR) is 122 cm³/mol. The van der Waals surface area contributed by atoms with E-state index in [1.165, 1.54) is 0 Å². The van der Waals surface area contributed by atoms with Crippen LogP contribution in [0.3, 0.4) is 0 Å². The van der Waals surface area contributed by atoms with Gasteiger partial charge in [-0.1, -0.05) is 17.7 Å². The Morgan fingerprint density at radius 1 is 1.13 bits per heavy atom. The summed E-state index contributed by atoms with van der Waals surface area (Å²) in [5.74, 6) is 0.123. The van der Waals surface area contributed by atoms with Gasteiger partial charge in [0.15, 0.2) is 0 Å². The van der Waals surface area contributed by atoms with E-state index < -0.39 is 0 Å². The van der Waals surface area contributed by atoms with E-state index in [-0.39, 0.29) is 23.9 Å². The second-order valence-electron chi connectivity index (χ2n) is 9.34. The first-order valence-electron chi connectivity index (χ1n) is 10.9. The van der Waals surface area contributed by atoms with Gasteiger partial charge in [-0.2, -0.15) is 5.10 Å². The molecule has 1 aliphatic carbocycles. The minimum absolute atomic E-state index is 0.0167. The molecule has 0 spiro atoms. The lowest BCUT2D eigenvalue weighted by atomic mass is 10.1. The van der Waals surface area contributed by atoms with E-state index in [0.29, 0.717) is 29.7 Å². The maximum atomic E-state index is 12.7. The molecule has 2 fully saturated rings. The fourth-order valence-corrected chi connectivity index (χ4v) is 4.14. The summed E-state index contributed by atoms with van der Waals surface area (Å²) < 4.78 is 1.95. The van der Waals surface area contributed by atoms with Gasteiger partial charge in [-0.15, -0.1) is 0 Å². The van der Waals surface area contributed by atoms with Crippen molar-refractivity contribution in [2.24, 2.45) is 0 Å². The number of anilines is 1.